The summed E-state index contributed by atoms with van der Waals surface area (Å²) >= 11 is 0. The Kier molecular flexibility index (Phi) is 6.57. The van der Waals surface area contributed by atoms with E-state index < -0.39 is 29.6 Å². The fourth-order valence-electron chi connectivity index (χ4n) is 2.77. The van der Waals surface area contributed by atoms with Crippen molar-refractivity contribution in [2.24, 2.45) is 11.7 Å². The minimum atomic E-state index is -1.24. The standard InChI is InChI=1S/C19H24N2O6/c1-10(2)6-15(22)19(25)21-14(18(20)24)7-11-8-17(23)27-16-9-12(26-3)4-5-13(11)16/h4-5,8-10,14-15,22H,6-7H2,1-3H3,(H2,20,24)(H,21,25)/t14-,15+/m0/s1. The highest BCUT2D eigenvalue weighted by atomic mass is 16.5. The van der Waals surface area contributed by atoms with Gasteiger partial charge in [-0.3, -0.25) is 9.59 Å². The van der Waals surface area contributed by atoms with Gasteiger partial charge in [0.05, 0.1) is 7.11 Å². The van der Waals surface area contributed by atoms with Gasteiger partial charge in [0.15, 0.2) is 0 Å². The van der Waals surface area contributed by atoms with Crippen molar-refractivity contribution in [3.05, 3.63) is 40.2 Å². The minimum Gasteiger partial charge on any atom is -0.497 e. The molecule has 0 saturated heterocycles. The summed E-state index contributed by atoms with van der Waals surface area (Å²) in [5.74, 6) is -0.828. The lowest BCUT2D eigenvalue weighted by atomic mass is 10.0. The normalized spacial score (nSPS) is 13.4. The van der Waals surface area contributed by atoms with Crippen molar-refractivity contribution in [3.63, 3.8) is 0 Å². The highest BCUT2D eigenvalue weighted by Crippen LogP contribution is 2.23. The Morgan fingerprint density at radius 3 is 2.59 bits per heavy atom. The summed E-state index contributed by atoms with van der Waals surface area (Å²) in [4.78, 5) is 35.8. The average Bonchev–Trinajstić information content (AvgIpc) is 2.59. The van der Waals surface area contributed by atoms with Gasteiger partial charge in [0.25, 0.3) is 0 Å². The first-order valence-corrected chi connectivity index (χ1v) is 8.59. The van der Waals surface area contributed by atoms with Crippen LogP contribution in [0.15, 0.2) is 33.5 Å². The molecule has 2 amide bonds. The molecule has 4 N–H and O–H groups in total. The van der Waals surface area contributed by atoms with Gasteiger partial charge in [-0.25, -0.2) is 4.79 Å². The number of carbonyl (C=O) groups is 2. The van der Waals surface area contributed by atoms with E-state index >= 15 is 0 Å². The zero-order chi connectivity index (χ0) is 20.1. The van der Waals surface area contributed by atoms with Crippen LogP contribution in [0.2, 0.25) is 0 Å². The number of hydrogen-bond donors (Lipinski definition) is 3. The predicted molar refractivity (Wildman–Crippen MR) is 99.3 cm³/mol. The van der Waals surface area contributed by atoms with Crippen molar-refractivity contribution in [1.82, 2.24) is 5.32 Å². The maximum absolute atomic E-state index is 12.1. The molecule has 8 nitrogen and oxygen atoms in total. The third-order valence-corrected chi connectivity index (χ3v) is 4.12. The average molecular weight is 376 g/mol. The molecule has 2 aromatic rings. The summed E-state index contributed by atoms with van der Waals surface area (Å²) in [5, 5.41) is 13.0. The van der Waals surface area contributed by atoms with E-state index in [0.29, 0.717) is 22.3 Å². The molecule has 0 aliphatic heterocycles. The molecule has 0 aliphatic rings. The number of ether oxygens (including phenoxy) is 1. The van der Waals surface area contributed by atoms with Crippen molar-refractivity contribution < 1.29 is 23.8 Å². The molecule has 1 heterocycles. The van der Waals surface area contributed by atoms with Crippen LogP contribution < -0.4 is 21.4 Å². The summed E-state index contributed by atoms with van der Waals surface area (Å²) in [5.41, 5.74) is 5.60. The smallest absolute Gasteiger partial charge is 0.336 e. The summed E-state index contributed by atoms with van der Waals surface area (Å²) < 4.78 is 10.3. The van der Waals surface area contributed by atoms with Gasteiger partial charge < -0.3 is 25.3 Å². The Labute approximate surface area is 156 Å². The summed E-state index contributed by atoms with van der Waals surface area (Å²) in [6.45, 7) is 3.73. The summed E-state index contributed by atoms with van der Waals surface area (Å²) in [7, 11) is 1.49. The topological polar surface area (TPSA) is 132 Å². The lowest BCUT2D eigenvalue weighted by Crippen LogP contribution is -2.49. The van der Waals surface area contributed by atoms with Crippen LogP contribution in [0.3, 0.4) is 0 Å². The fourth-order valence-corrected chi connectivity index (χ4v) is 2.77. The van der Waals surface area contributed by atoms with E-state index in [0.717, 1.165) is 0 Å². The van der Waals surface area contributed by atoms with Gasteiger partial charge in [-0.05, 0) is 30.0 Å². The van der Waals surface area contributed by atoms with Crippen molar-refractivity contribution in [2.45, 2.75) is 38.8 Å². The van der Waals surface area contributed by atoms with Crippen LogP contribution >= 0.6 is 0 Å². The first-order valence-electron chi connectivity index (χ1n) is 8.59. The molecule has 0 fully saturated rings. The highest BCUT2D eigenvalue weighted by Gasteiger charge is 2.24. The molecule has 8 heteroatoms. The number of nitrogens with one attached hydrogen (secondary N) is 1. The van der Waals surface area contributed by atoms with Crippen molar-refractivity contribution in [3.8, 4) is 5.75 Å². The van der Waals surface area contributed by atoms with Crippen molar-refractivity contribution in [2.75, 3.05) is 7.11 Å². The van der Waals surface area contributed by atoms with Gasteiger partial charge in [0, 0.05) is 23.9 Å². The maximum atomic E-state index is 12.1. The van der Waals surface area contributed by atoms with Crippen LogP contribution in [0.5, 0.6) is 5.75 Å². The quantitative estimate of drug-likeness (QED) is 0.582. The van der Waals surface area contributed by atoms with E-state index in [1.54, 1.807) is 18.2 Å². The maximum Gasteiger partial charge on any atom is 0.336 e. The van der Waals surface area contributed by atoms with Crippen LogP contribution in [-0.4, -0.2) is 36.2 Å². The van der Waals surface area contributed by atoms with E-state index in [9.17, 15) is 19.5 Å². The Balaban J connectivity index is 2.29. The number of benzene rings is 1. The van der Waals surface area contributed by atoms with Crippen LogP contribution in [0, 0.1) is 5.92 Å². The van der Waals surface area contributed by atoms with Crippen LogP contribution in [0.1, 0.15) is 25.8 Å². The number of amides is 2. The van der Waals surface area contributed by atoms with E-state index in [2.05, 4.69) is 5.32 Å². The Morgan fingerprint density at radius 1 is 1.30 bits per heavy atom. The number of nitrogens with two attached hydrogens (primary N) is 1. The van der Waals surface area contributed by atoms with Crippen LogP contribution in [0.4, 0.5) is 0 Å². The first-order chi connectivity index (χ1) is 12.7. The van der Waals surface area contributed by atoms with Gasteiger partial charge in [-0.15, -0.1) is 0 Å². The molecule has 0 unspecified atom stereocenters. The number of methoxy groups -OCH3 is 1. The zero-order valence-corrected chi connectivity index (χ0v) is 15.5. The molecular formula is C19H24N2O6. The van der Waals surface area contributed by atoms with E-state index in [1.807, 2.05) is 13.8 Å². The Bertz CT molecular complexity index is 889. The Morgan fingerprint density at radius 2 is 2.00 bits per heavy atom. The zero-order valence-electron chi connectivity index (χ0n) is 15.5. The molecule has 0 aliphatic carbocycles. The summed E-state index contributed by atoms with van der Waals surface area (Å²) in [6, 6.07) is 5.12. The van der Waals surface area contributed by atoms with E-state index in [1.165, 1.54) is 13.2 Å². The summed E-state index contributed by atoms with van der Waals surface area (Å²) in [6.07, 6.45) is -0.993. The Hall–Kier alpha value is -2.87. The molecule has 0 radical (unpaired) electrons. The molecule has 2 atom stereocenters. The number of aliphatic hydroxyl groups is 1. The number of fused-ring (bicyclic) bond motifs is 1. The largest absolute Gasteiger partial charge is 0.497 e. The SMILES string of the molecule is COc1ccc2c(C[C@H](NC(=O)[C@H](O)CC(C)C)C(N)=O)cc(=O)oc2c1. The van der Waals surface area contributed by atoms with Crippen LogP contribution in [-0.2, 0) is 16.0 Å². The lowest BCUT2D eigenvalue weighted by Gasteiger charge is -2.19. The number of primary amides is 1. The fraction of sp³-hybridized carbons (Fsp3) is 0.421. The molecule has 0 spiro atoms. The third kappa shape index (κ3) is 5.30. The lowest BCUT2D eigenvalue weighted by molar-refractivity contribution is -0.133. The number of rotatable bonds is 8. The first kappa shape index (κ1) is 20.4. The van der Waals surface area contributed by atoms with Gasteiger partial charge in [-0.2, -0.15) is 0 Å². The molecule has 0 saturated carbocycles. The minimum absolute atomic E-state index is 0.0100. The number of aliphatic hydroxyl groups excluding tert-OH is 1. The van der Waals surface area contributed by atoms with Gasteiger partial charge in [-0.1, -0.05) is 13.8 Å². The highest BCUT2D eigenvalue weighted by molar-refractivity contribution is 5.89. The second-order valence-electron chi connectivity index (χ2n) is 6.77. The van der Waals surface area contributed by atoms with Gasteiger partial charge in [0.2, 0.25) is 11.8 Å². The predicted octanol–water partition coefficient (Wildman–Crippen LogP) is 0.721. The van der Waals surface area contributed by atoms with Crippen LogP contribution in [0.25, 0.3) is 11.0 Å². The molecule has 1 aromatic carbocycles. The van der Waals surface area contributed by atoms with Crippen molar-refractivity contribution in [1.29, 1.82) is 0 Å². The molecule has 27 heavy (non-hydrogen) atoms. The second kappa shape index (κ2) is 8.68. The van der Waals surface area contributed by atoms with E-state index in [-0.39, 0.29) is 18.8 Å². The number of hydrogen-bond acceptors (Lipinski definition) is 6. The second-order valence-corrected chi connectivity index (χ2v) is 6.77. The van der Waals surface area contributed by atoms with E-state index in [4.69, 9.17) is 14.9 Å². The molecule has 146 valence electrons. The molecule has 1 aromatic heterocycles. The van der Waals surface area contributed by atoms with Crippen molar-refractivity contribution >= 4 is 22.8 Å². The monoisotopic (exact) mass is 376 g/mol. The molecular weight excluding hydrogens is 352 g/mol. The molecule has 0 bridgehead atoms. The van der Waals surface area contributed by atoms with Gasteiger partial charge >= 0.3 is 5.63 Å². The molecule has 2 rings (SSSR count). The third-order valence-electron chi connectivity index (χ3n) is 4.12. The number of carbonyl (C=O) groups excluding carboxylic acids is 2. The van der Waals surface area contributed by atoms with Gasteiger partial charge in [0.1, 0.15) is 23.5 Å².